The number of nitrogens with one attached hydrogen (secondary N) is 1. The lowest BCUT2D eigenvalue weighted by atomic mass is 9.89. The number of hydrogen-bond acceptors (Lipinski definition) is 3. The molecule has 0 aliphatic carbocycles. The van der Waals surface area contributed by atoms with Crippen molar-refractivity contribution in [2.45, 2.75) is 58.5 Å². The van der Waals surface area contributed by atoms with Gasteiger partial charge in [0.15, 0.2) is 0 Å². The molecule has 3 heteroatoms. The van der Waals surface area contributed by atoms with Crippen LogP contribution < -0.4 is 5.32 Å². The van der Waals surface area contributed by atoms with E-state index < -0.39 is 0 Å². The van der Waals surface area contributed by atoms with Gasteiger partial charge < -0.3 is 15.1 Å². The molecule has 3 nitrogen and oxygen atoms in total. The summed E-state index contributed by atoms with van der Waals surface area (Å²) >= 11 is 0. The molecule has 2 saturated heterocycles. The minimum Gasteiger partial charge on any atom is -0.313 e. The summed E-state index contributed by atoms with van der Waals surface area (Å²) in [4.78, 5) is 5.16. The summed E-state index contributed by atoms with van der Waals surface area (Å²) in [5.41, 5.74) is 0. The molecule has 0 saturated carbocycles. The minimum atomic E-state index is 0.713. The topological polar surface area (TPSA) is 18.5 Å². The van der Waals surface area contributed by atoms with Gasteiger partial charge in [-0.25, -0.2) is 0 Å². The van der Waals surface area contributed by atoms with Crippen molar-refractivity contribution in [2.24, 2.45) is 11.8 Å². The van der Waals surface area contributed by atoms with Crippen LogP contribution in [-0.2, 0) is 0 Å². The molecule has 20 heavy (non-hydrogen) atoms. The van der Waals surface area contributed by atoms with E-state index in [1.54, 1.807) is 0 Å². The molecule has 2 rings (SSSR count). The summed E-state index contributed by atoms with van der Waals surface area (Å²) in [5, 5.41) is 3.86. The lowest BCUT2D eigenvalue weighted by Gasteiger charge is -2.40. The van der Waals surface area contributed by atoms with Gasteiger partial charge in [0.1, 0.15) is 0 Å². The molecule has 2 aliphatic rings. The summed E-state index contributed by atoms with van der Waals surface area (Å²) in [5.74, 6) is 1.55. The molecule has 0 amide bonds. The van der Waals surface area contributed by atoms with E-state index in [1.807, 2.05) is 0 Å². The molecule has 118 valence electrons. The highest BCUT2D eigenvalue weighted by atomic mass is 15.2. The summed E-state index contributed by atoms with van der Waals surface area (Å²) in [6.45, 7) is 13.5. The maximum Gasteiger partial charge on any atom is 0.0120 e. The summed E-state index contributed by atoms with van der Waals surface area (Å²) in [7, 11) is 2.26. The van der Waals surface area contributed by atoms with Crippen LogP contribution in [0.25, 0.3) is 0 Å². The van der Waals surface area contributed by atoms with Gasteiger partial charge in [0.05, 0.1) is 0 Å². The number of rotatable bonds is 5. The van der Waals surface area contributed by atoms with Crippen molar-refractivity contribution in [3.05, 3.63) is 0 Å². The van der Waals surface area contributed by atoms with Gasteiger partial charge in [-0.1, -0.05) is 20.3 Å². The zero-order valence-corrected chi connectivity index (χ0v) is 14.1. The first-order valence-corrected chi connectivity index (χ1v) is 8.72. The van der Waals surface area contributed by atoms with E-state index in [9.17, 15) is 0 Å². The quantitative estimate of drug-likeness (QED) is 0.835. The van der Waals surface area contributed by atoms with Gasteiger partial charge in [-0.2, -0.15) is 0 Å². The Kier molecular flexibility index (Phi) is 6.31. The molecule has 2 fully saturated rings. The van der Waals surface area contributed by atoms with Gasteiger partial charge in [-0.3, -0.25) is 0 Å². The monoisotopic (exact) mass is 281 g/mol. The summed E-state index contributed by atoms with van der Waals surface area (Å²) in [6.07, 6.45) is 5.55. The Morgan fingerprint density at radius 3 is 2.55 bits per heavy atom. The smallest absolute Gasteiger partial charge is 0.0120 e. The first-order valence-electron chi connectivity index (χ1n) is 8.72. The Hall–Kier alpha value is -0.120. The molecule has 1 N–H and O–H groups in total. The van der Waals surface area contributed by atoms with E-state index in [2.05, 4.69) is 42.9 Å². The fraction of sp³-hybridized carbons (Fsp3) is 1.00. The molecule has 0 aromatic heterocycles. The van der Waals surface area contributed by atoms with E-state index in [1.165, 1.54) is 58.4 Å². The minimum absolute atomic E-state index is 0.713. The average Bonchev–Trinajstić information content (AvgIpc) is 2.42. The molecule has 0 bridgehead atoms. The fourth-order valence-corrected chi connectivity index (χ4v) is 3.83. The SMILES string of the molecule is CC(CNC1CC(C)N(C)CC1C)CN1CCCCC1. The second-order valence-corrected chi connectivity index (χ2v) is 7.48. The predicted molar refractivity (Wildman–Crippen MR) is 87.1 cm³/mol. The highest BCUT2D eigenvalue weighted by molar-refractivity contribution is 4.86. The fourth-order valence-electron chi connectivity index (χ4n) is 3.83. The van der Waals surface area contributed by atoms with Crippen molar-refractivity contribution in [3.63, 3.8) is 0 Å². The second kappa shape index (κ2) is 7.77. The van der Waals surface area contributed by atoms with Gasteiger partial charge in [0.2, 0.25) is 0 Å². The van der Waals surface area contributed by atoms with Crippen molar-refractivity contribution < 1.29 is 0 Å². The molecule has 0 aromatic rings. The van der Waals surface area contributed by atoms with Crippen LogP contribution in [0.1, 0.15) is 46.5 Å². The highest BCUT2D eigenvalue weighted by Gasteiger charge is 2.28. The van der Waals surface area contributed by atoms with E-state index in [4.69, 9.17) is 0 Å². The van der Waals surface area contributed by atoms with Crippen molar-refractivity contribution in [2.75, 3.05) is 39.8 Å². The van der Waals surface area contributed by atoms with Gasteiger partial charge in [-0.05, 0) is 64.7 Å². The van der Waals surface area contributed by atoms with E-state index in [-0.39, 0.29) is 0 Å². The Balaban J connectivity index is 1.68. The molecule has 4 unspecified atom stereocenters. The van der Waals surface area contributed by atoms with Gasteiger partial charge >= 0.3 is 0 Å². The molecule has 0 spiro atoms. The normalized spacial score (nSPS) is 35.1. The van der Waals surface area contributed by atoms with Crippen LogP contribution in [0.3, 0.4) is 0 Å². The number of likely N-dealkylation sites (tertiary alicyclic amines) is 2. The Morgan fingerprint density at radius 1 is 1.15 bits per heavy atom. The molecular weight excluding hydrogens is 246 g/mol. The van der Waals surface area contributed by atoms with Gasteiger partial charge in [0, 0.05) is 25.2 Å². The Labute approximate surface area is 126 Å². The maximum atomic E-state index is 3.86. The van der Waals surface area contributed by atoms with Gasteiger partial charge in [-0.15, -0.1) is 0 Å². The third-order valence-corrected chi connectivity index (χ3v) is 5.36. The maximum absolute atomic E-state index is 3.86. The lowest BCUT2D eigenvalue weighted by molar-refractivity contribution is 0.117. The molecule has 0 radical (unpaired) electrons. The zero-order chi connectivity index (χ0) is 14.5. The Morgan fingerprint density at radius 2 is 1.85 bits per heavy atom. The van der Waals surface area contributed by atoms with E-state index >= 15 is 0 Å². The molecular formula is C17H35N3. The third-order valence-electron chi connectivity index (χ3n) is 5.36. The third kappa shape index (κ3) is 4.71. The van der Waals surface area contributed by atoms with Gasteiger partial charge in [0.25, 0.3) is 0 Å². The molecule has 2 heterocycles. The largest absolute Gasteiger partial charge is 0.313 e. The van der Waals surface area contributed by atoms with Crippen LogP contribution in [-0.4, -0.2) is 61.7 Å². The van der Waals surface area contributed by atoms with Crippen LogP contribution >= 0.6 is 0 Å². The molecule has 2 aliphatic heterocycles. The lowest BCUT2D eigenvalue weighted by Crippen LogP contribution is -2.52. The van der Waals surface area contributed by atoms with Crippen LogP contribution in [0.4, 0.5) is 0 Å². The first-order chi connectivity index (χ1) is 9.56. The van der Waals surface area contributed by atoms with Crippen LogP contribution in [0, 0.1) is 11.8 Å². The number of hydrogen-bond donors (Lipinski definition) is 1. The van der Waals surface area contributed by atoms with Crippen LogP contribution in [0.15, 0.2) is 0 Å². The van der Waals surface area contributed by atoms with Crippen LogP contribution in [0.5, 0.6) is 0 Å². The van der Waals surface area contributed by atoms with Crippen LogP contribution in [0.2, 0.25) is 0 Å². The van der Waals surface area contributed by atoms with Crippen molar-refractivity contribution >= 4 is 0 Å². The zero-order valence-electron chi connectivity index (χ0n) is 14.1. The highest BCUT2D eigenvalue weighted by Crippen LogP contribution is 2.21. The Bertz CT molecular complexity index is 275. The van der Waals surface area contributed by atoms with E-state index in [0.717, 1.165) is 17.9 Å². The van der Waals surface area contributed by atoms with Crippen molar-refractivity contribution in [1.82, 2.24) is 15.1 Å². The van der Waals surface area contributed by atoms with Crippen molar-refractivity contribution in [1.29, 1.82) is 0 Å². The van der Waals surface area contributed by atoms with Crippen molar-refractivity contribution in [3.8, 4) is 0 Å². The van der Waals surface area contributed by atoms with E-state index in [0.29, 0.717) is 6.04 Å². The summed E-state index contributed by atoms with van der Waals surface area (Å²) in [6, 6.07) is 1.44. The first kappa shape index (κ1) is 16.3. The number of nitrogens with zero attached hydrogens (tertiary/aromatic N) is 2. The summed E-state index contributed by atoms with van der Waals surface area (Å²) < 4.78 is 0. The predicted octanol–water partition coefficient (Wildman–Crippen LogP) is 2.43. The number of piperidine rings is 2. The average molecular weight is 281 g/mol. The molecule has 4 atom stereocenters. The standard InChI is InChI=1S/C17H35N3/c1-14(12-20-8-6-5-7-9-20)11-18-17-10-16(3)19(4)13-15(17)2/h14-18H,5-13H2,1-4H3. The molecule has 0 aromatic carbocycles. The second-order valence-electron chi connectivity index (χ2n) is 7.48.